The third-order valence-corrected chi connectivity index (χ3v) is 6.91. The molecule has 0 atom stereocenters. The maximum atomic E-state index is 14.4. The first-order chi connectivity index (χ1) is 17.3. The molecule has 4 aromatic rings. The summed E-state index contributed by atoms with van der Waals surface area (Å²) in [5.74, 6) is -0.0559. The van der Waals surface area contributed by atoms with Gasteiger partial charge in [-0.3, -0.25) is 0 Å². The molecule has 2 aromatic heterocycles. The molecule has 6 nitrogen and oxygen atoms in total. The van der Waals surface area contributed by atoms with E-state index in [9.17, 15) is 13.2 Å². The Morgan fingerprint density at radius 1 is 0.861 bits per heavy atom. The van der Waals surface area contributed by atoms with Gasteiger partial charge in [-0.05, 0) is 55.5 Å². The van der Waals surface area contributed by atoms with Gasteiger partial charge in [0, 0.05) is 32.7 Å². The fraction of sp³-hybridized carbons (Fsp3) is 0.0400. The number of benzene rings is 2. The van der Waals surface area contributed by atoms with Crippen LogP contribution in [-0.2, 0) is 0 Å². The molecule has 0 aliphatic carbocycles. The highest BCUT2D eigenvalue weighted by molar-refractivity contribution is 7.05. The molecule has 0 amide bonds. The van der Waals surface area contributed by atoms with Crippen LogP contribution in [0.4, 0.5) is 24.8 Å². The van der Waals surface area contributed by atoms with Gasteiger partial charge in [-0.15, -0.1) is 11.5 Å². The molecule has 2 aromatic carbocycles. The number of aromatic nitrogens is 2. The molecule has 5 heterocycles. The van der Waals surface area contributed by atoms with E-state index in [1.165, 1.54) is 36.4 Å². The standard InChI is InChI=1S/C25H13BClF3N6/c1-11(28)3-6-15-12(2)20-31-21(15)33-24-18-9-13(29)5-8-17(18)23-34-25-19-10-14(30)4-7-16(19)22(32-20)35(25)26(27)36(23)24/h3-10H,1H2,2H3/b6-3-,32-20?,32-22?,33-21?,33-24?. The lowest BCUT2D eigenvalue weighted by atomic mass is 10.1. The van der Waals surface area contributed by atoms with Crippen LogP contribution in [0.2, 0.25) is 0 Å². The summed E-state index contributed by atoms with van der Waals surface area (Å²) in [5, 5.41) is 2.26. The second-order valence-corrected chi connectivity index (χ2v) is 9.03. The van der Waals surface area contributed by atoms with E-state index in [1.807, 2.05) is 0 Å². The second-order valence-electron chi connectivity index (χ2n) is 8.64. The number of halogens is 4. The van der Waals surface area contributed by atoms with E-state index in [4.69, 9.17) is 26.4 Å². The van der Waals surface area contributed by atoms with Crippen molar-refractivity contribution in [2.24, 2.45) is 20.0 Å². The van der Waals surface area contributed by atoms with Gasteiger partial charge in [0.25, 0.3) is 0 Å². The maximum Gasteiger partial charge on any atom is 0.499 e. The molecule has 0 radical (unpaired) electrons. The van der Waals surface area contributed by atoms with E-state index in [-0.39, 0.29) is 5.84 Å². The average molecular weight is 501 g/mol. The number of nitrogens with zero attached hydrogens (tertiary/aromatic N) is 6. The summed E-state index contributed by atoms with van der Waals surface area (Å²) in [6.07, 6.45) is 1.85. The first-order valence-electron chi connectivity index (χ1n) is 11.0. The van der Waals surface area contributed by atoms with Crippen LogP contribution in [0.1, 0.15) is 6.92 Å². The van der Waals surface area contributed by atoms with Gasteiger partial charge in [-0.1, -0.05) is 6.58 Å². The average Bonchev–Trinajstić information content (AvgIpc) is 3.41. The van der Waals surface area contributed by atoms with Crippen LogP contribution in [0, 0.1) is 11.6 Å². The van der Waals surface area contributed by atoms with Crippen LogP contribution in [0.15, 0.2) is 92.1 Å². The topological polar surface area (TPSA) is 59.3 Å². The molecule has 0 unspecified atom stereocenters. The van der Waals surface area contributed by atoms with Gasteiger partial charge in [0.1, 0.15) is 40.1 Å². The minimum absolute atomic E-state index is 0.264. The zero-order chi connectivity index (χ0) is 24.9. The van der Waals surface area contributed by atoms with Gasteiger partial charge >= 0.3 is 6.40 Å². The van der Waals surface area contributed by atoms with E-state index in [1.54, 1.807) is 28.0 Å². The number of aliphatic imine (C=N–C) groups is 2. The molecule has 0 saturated carbocycles. The van der Waals surface area contributed by atoms with Crippen molar-refractivity contribution in [3.8, 4) is 0 Å². The Hall–Kier alpha value is -4.18. The maximum absolute atomic E-state index is 14.4. The molecule has 3 aliphatic heterocycles. The lowest BCUT2D eigenvalue weighted by Crippen LogP contribution is -2.45. The number of hydrogen-bond donors (Lipinski definition) is 0. The van der Waals surface area contributed by atoms with Crippen LogP contribution < -0.4 is 11.0 Å². The zero-order valence-electron chi connectivity index (χ0n) is 18.6. The first kappa shape index (κ1) is 21.1. The van der Waals surface area contributed by atoms with E-state index < -0.39 is 23.9 Å². The van der Waals surface area contributed by atoms with E-state index in [0.717, 1.165) is 0 Å². The number of fused-ring (bicyclic) bond motifs is 7. The van der Waals surface area contributed by atoms with Crippen LogP contribution in [0.3, 0.4) is 0 Å². The summed E-state index contributed by atoms with van der Waals surface area (Å²) < 4.78 is 45.6. The Kier molecular flexibility index (Phi) is 4.21. The molecule has 11 heteroatoms. The summed E-state index contributed by atoms with van der Waals surface area (Å²) in [6, 6.07) is 8.66. The van der Waals surface area contributed by atoms with Crippen molar-refractivity contribution in [2.45, 2.75) is 6.92 Å². The van der Waals surface area contributed by atoms with E-state index in [0.29, 0.717) is 61.1 Å². The first-order valence-corrected chi connectivity index (χ1v) is 11.4. The summed E-state index contributed by atoms with van der Waals surface area (Å²) in [7, 11) is 0. The number of hydrogen-bond acceptors (Lipinski definition) is 4. The van der Waals surface area contributed by atoms with Crippen LogP contribution in [-0.4, -0.2) is 27.0 Å². The van der Waals surface area contributed by atoms with E-state index >= 15 is 0 Å². The fourth-order valence-electron chi connectivity index (χ4n) is 4.89. The Balaban J connectivity index is 1.73. The quantitative estimate of drug-likeness (QED) is 0.269. The SMILES string of the molecule is C=C(F)/C=C\C1=C(C)C2=Nc3c4ccc(F)cc4c4n3B(Cl)n3c(c5cc(F)ccc5c3=N4)=NC1=N2. The molecule has 7 rings (SSSR count). The molecule has 0 saturated heterocycles. The van der Waals surface area contributed by atoms with Crippen molar-refractivity contribution >= 4 is 62.7 Å². The Morgan fingerprint density at radius 3 is 2.28 bits per heavy atom. The van der Waals surface area contributed by atoms with Crippen molar-refractivity contribution in [3.05, 3.63) is 94.7 Å². The lowest BCUT2D eigenvalue weighted by Gasteiger charge is -2.18. The van der Waals surface area contributed by atoms with Gasteiger partial charge in [0.05, 0.1) is 0 Å². The highest BCUT2D eigenvalue weighted by Gasteiger charge is 2.35. The second kappa shape index (κ2) is 7.17. The van der Waals surface area contributed by atoms with Gasteiger partial charge in [-0.2, -0.15) is 0 Å². The molecule has 0 N–H and O–H groups in total. The monoisotopic (exact) mass is 500 g/mol. The van der Waals surface area contributed by atoms with Gasteiger partial charge in [0.15, 0.2) is 11.7 Å². The number of amidine groups is 2. The Labute approximate surface area is 206 Å². The molecule has 3 aliphatic rings. The summed E-state index contributed by atoms with van der Waals surface area (Å²) >= 11 is 7.06. The smallest absolute Gasteiger partial charge is 0.319 e. The van der Waals surface area contributed by atoms with Crippen LogP contribution in [0.25, 0.3) is 21.5 Å². The minimum Gasteiger partial charge on any atom is -0.319 e. The molecule has 174 valence electrons. The molecular formula is C25H13BClF3N6. The summed E-state index contributed by atoms with van der Waals surface area (Å²) in [5.41, 5.74) is 1.96. The van der Waals surface area contributed by atoms with Crippen LogP contribution >= 0.6 is 11.5 Å². The highest BCUT2D eigenvalue weighted by atomic mass is 35.5. The highest BCUT2D eigenvalue weighted by Crippen LogP contribution is 2.41. The molecule has 36 heavy (non-hydrogen) atoms. The molecule has 0 spiro atoms. The van der Waals surface area contributed by atoms with Crippen molar-refractivity contribution < 1.29 is 13.2 Å². The fourth-order valence-corrected chi connectivity index (χ4v) is 5.26. The van der Waals surface area contributed by atoms with E-state index in [2.05, 4.69) is 11.6 Å². The molecule has 0 fully saturated rings. The molecular weight excluding hydrogens is 488 g/mol. The predicted octanol–water partition coefficient (Wildman–Crippen LogP) is 5.19. The van der Waals surface area contributed by atoms with Crippen molar-refractivity contribution in [1.82, 2.24) is 8.96 Å². The van der Waals surface area contributed by atoms with Crippen molar-refractivity contribution in [1.29, 1.82) is 0 Å². The minimum atomic E-state index is -0.889. The predicted molar refractivity (Wildman–Crippen MR) is 135 cm³/mol. The summed E-state index contributed by atoms with van der Waals surface area (Å²) in [6.45, 7) is 5.07. The number of allylic oxidation sites excluding steroid dienone is 2. The van der Waals surface area contributed by atoms with Crippen LogP contribution in [0.5, 0.6) is 0 Å². The molecule has 4 bridgehead atoms. The van der Waals surface area contributed by atoms with Crippen molar-refractivity contribution in [2.75, 3.05) is 0 Å². The lowest BCUT2D eigenvalue weighted by molar-refractivity contribution is 0.629. The number of rotatable bonds is 2. The van der Waals surface area contributed by atoms with Gasteiger partial charge in [0.2, 0.25) is 0 Å². The van der Waals surface area contributed by atoms with Gasteiger partial charge < -0.3 is 8.96 Å². The normalized spacial score (nSPS) is 16.0. The third kappa shape index (κ3) is 2.76. The largest absolute Gasteiger partial charge is 0.499 e. The van der Waals surface area contributed by atoms with Gasteiger partial charge in [-0.25, -0.2) is 33.1 Å². The Bertz CT molecular complexity index is 1980. The Morgan fingerprint density at radius 2 is 1.53 bits per heavy atom. The third-order valence-electron chi connectivity index (χ3n) is 6.52. The van der Waals surface area contributed by atoms with Crippen molar-refractivity contribution in [3.63, 3.8) is 0 Å². The summed E-state index contributed by atoms with van der Waals surface area (Å²) in [4.78, 5) is 19.0. The zero-order valence-corrected chi connectivity index (χ0v) is 19.4.